The molecule has 0 saturated heterocycles. The number of nitrogens with two attached hydrogens (primary N) is 1. The van der Waals surface area contributed by atoms with Crippen molar-refractivity contribution in [2.45, 2.75) is 58.9 Å². The van der Waals surface area contributed by atoms with Crippen LogP contribution in [0.2, 0.25) is 0 Å². The molecule has 1 nitrogen and oxygen atoms in total. The molecule has 0 radical (unpaired) electrons. The molecule has 2 atom stereocenters. The Morgan fingerprint density at radius 1 is 1.23 bits per heavy atom. The highest BCUT2D eigenvalue weighted by molar-refractivity contribution is 5.14. The number of rotatable bonds is 2. The predicted molar refractivity (Wildman–Crippen MR) is 56.4 cm³/mol. The summed E-state index contributed by atoms with van der Waals surface area (Å²) in [6, 6.07) is 0.491. The molecule has 2 fully saturated rings. The first kappa shape index (κ1) is 9.51. The van der Waals surface area contributed by atoms with Crippen molar-refractivity contribution < 1.29 is 0 Å². The van der Waals surface area contributed by atoms with E-state index in [9.17, 15) is 0 Å². The first-order valence-electron chi connectivity index (χ1n) is 5.83. The van der Waals surface area contributed by atoms with Gasteiger partial charge in [-0.15, -0.1) is 0 Å². The summed E-state index contributed by atoms with van der Waals surface area (Å²) >= 11 is 0. The van der Waals surface area contributed by atoms with E-state index in [1.54, 1.807) is 0 Å². The third-order valence-electron chi connectivity index (χ3n) is 5.07. The molecule has 0 aromatic carbocycles. The maximum absolute atomic E-state index is 6.47. The standard InChI is InChI=1S/C12H23N/c1-4-12(9(2)3)8-7-11(5-6-11)10(12)13/h9-10H,4-8,13H2,1-3H3. The molecule has 1 heteroatoms. The van der Waals surface area contributed by atoms with Crippen molar-refractivity contribution in [3.05, 3.63) is 0 Å². The summed E-state index contributed by atoms with van der Waals surface area (Å²) in [5.74, 6) is 0.757. The van der Waals surface area contributed by atoms with Gasteiger partial charge in [-0.1, -0.05) is 20.8 Å². The average Bonchev–Trinajstić information content (AvgIpc) is 2.80. The van der Waals surface area contributed by atoms with Crippen LogP contribution in [-0.4, -0.2) is 6.04 Å². The fourth-order valence-corrected chi connectivity index (χ4v) is 3.58. The number of hydrogen-bond donors (Lipinski definition) is 1. The second kappa shape index (κ2) is 2.73. The van der Waals surface area contributed by atoms with Crippen molar-refractivity contribution >= 4 is 0 Å². The molecule has 76 valence electrons. The van der Waals surface area contributed by atoms with Gasteiger partial charge >= 0.3 is 0 Å². The van der Waals surface area contributed by atoms with E-state index in [4.69, 9.17) is 5.73 Å². The van der Waals surface area contributed by atoms with Gasteiger partial charge < -0.3 is 5.73 Å². The minimum atomic E-state index is 0.469. The Morgan fingerprint density at radius 2 is 1.77 bits per heavy atom. The summed E-state index contributed by atoms with van der Waals surface area (Å²) < 4.78 is 0. The van der Waals surface area contributed by atoms with E-state index < -0.39 is 0 Å². The maximum Gasteiger partial charge on any atom is 0.0155 e. The van der Waals surface area contributed by atoms with Gasteiger partial charge in [0.2, 0.25) is 0 Å². The van der Waals surface area contributed by atoms with Crippen molar-refractivity contribution in [3.63, 3.8) is 0 Å². The van der Waals surface area contributed by atoms with E-state index in [-0.39, 0.29) is 0 Å². The zero-order valence-electron chi connectivity index (χ0n) is 9.27. The highest BCUT2D eigenvalue weighted by atomic mass is 14.8. The molecule has 2 aliphatic carbocycles. The molecule has 0 amide bonds. The third kappa shape index (κ3) is 1.09. The fourth-order valence-electron chi connectivity index (χ4n) is 3.58. The van der Waals surface area contributed by atoms with E-state index >= 15 is 0 Å². The van der Waals surface area contributed by atoms with Crippen LogP contribution in [0.1, 0.15) is 52.9 Å². The van der Waals surface area contributed by atoms with Crippen LogP contribution in [0.3, 0.4) is 0 Å². The summed E-state index contributed by atoms with van der Waals surface area (Å²) in [7, 11) is 0. The molecule has 2 rings (SSSR count). The molecule has 2 N–H and O–H groups in total. The first-order valence-corrected chi connectivity index (χ1v) is 5.83. The van der Waals surface area contributed by atoms with E-state index in [1.165, 1.54) is 32.1 Å². The Bertz CT molecular complexity index is 205. The molecule has 0 bridgehead atoms. The van der Waals surface area contributed by atoms with Crippen LogP contribution >= 0.6 is 0 Å². The largest absolute Gasteiger partial charge is 0.327 e. The lowest BCUT2D eigenvalue weighted by molar-refractivity contribution is 0.144. The first-order chi connectivity index (χ1) is 6.07. The van der Waals surface area contributed by atoms with Crippen LogP contribution in [0.4, 0.5) is 0 Å². The summed E-state index contributed by atoms with van der Waals surface area (Å²) in [6.45, 7) is 7.02. The Balaban J connectivity index is 2.22. The summed E-state index contributed by atoms with van der Waals surface area (Å²) in [5.41, 5.74) is 7.53. The molecule has 0 aromatic heterocycles. The molecule has 0 aromatic rings. The van der Waals surface area contributed by atoms with Crippen LogP contribution in [0.5, 0.6) is 0 Å². The van der Waals surface area contributed by atoms with Gasteiger partial charge in [-0.3, -0.25) is 0 Å². The van der Waals surface area contributed by atoms with Gasteiger partial charge in [0.1, 0.15) is 0 Å². The minimum Gasteiger partial charge on any atom is -0.327 e. The Kier molecular flexibility index (Phi) is 1.99. The molecule has 2 unspecified atom stereocenters. The lowest BCUT2D eigenvalue weighted by atomic mass is 9.70. The van der Waals surface area contributed by atoms with Gasteiger partial charge in [-0.05, 0) is 48.9 Å². The van der Waals surface area contributed by atoms with Gasteiger partial charge in [-0.25, -0.2) is 0 Å². The topological polar surface area (TPSA) is 26.0 Å². The molecule has 13 heavy (non-hydrogen) atoms. The summed E-state index contributed by atoms with van der Waals surface area (Å²) in [5, 5.41) is 0. The second-order valence-electron chi connectivity index (χ2n) is 5.58. The molecule has 2 saturated carbocycles. The Morgan fingerprint density at radius 3 is 2.00 bits per heavy atom. The lowest BCUT2D eigenvalue weighted by Crippen LogP contribution is -2.44. The van der Waals surface area contributed by atoms with Crippen molar-refractivity contribution in [1.29, 1.82) is 0 Å². The van der Waals surface area contributed by atoms with Crippen LogP contribution in [-0.2, 0) is 0 Å². The van der Waals surface area contributed by atoms with Gasteiger partial charge in [0.15, 0.2) is 0 Å². The zero-order valence-corrected chi connectivity index (χ0v) is 9.27. The minimum absolute atomic E-state index is 0.469. The van der Waals surface area contributed by atoms with E-state index in [1.807, 2.05) is 0 Å². The maximum atomic E-state index is 6.47. The molecular weight excluding hydrogens is 158 g/mol. The van der Waals surface area contributed by atoms with Gasteiger partial charge in [0, 0.05) is 6.04 Å². The van der Waals surface area contributed by atoms with Crippen molar-refractivity contribution in [2.24, 2.45) is 22.5 Å². The monoisotopic (exact) mass is 181 g/mol. The van der Waals surface area contributed by atoms with E-state index in [2.05, 4.69) is 20.8 Å². The van der Waals surface area contributed by atoms with Crippen molar-refractivity contribution in [1.82, 2.24) is 0 Å². The van der Waals surface area contributed by atoms with Crippen molar-refractivity contribution in [2.75, 3.05) is 0 Å². The fraction of sp³-hybridized carbons (Fsp3) is 1.00. The van der Waals surface area contributed by atoms with Gasteiger partial charge in [0.25, 0.3) is 0 Å². The van der Waals surface area contributed by atoms with Crippen LogP contribution in [0.25, 0.3) is 0 Å². The molecule has 0 heterocycles. The third-order valence-corrected chi connectivity index (χ3v) is 5.07. The van der Waals surface area contributed by atoms with Crippen LogP contribution in [0, 0.1) is 16.7 Å². The zero-order chi connectivity index (χ0) is 9.69. The van der Waals surface area contributed by atoms with Crippen LogP contribution in [0.15, 0.2) is 0 Å². The SMILES string of the molecule is CCC1(C(C)C)CCC2(CC2)C1N. The van der Waals surface area contributed by atoms with Crippen molar-refractivity contribution in [3.8, 4) is 0 Å². The lowest BCUT2D eigenvalue weighted by Gasteiger charge is -2.38. The predicted octanol–water partition coefficient (Wildman–Crippen LogP) is 2.94. The molecule has 0 aliphatic heterocycles. The van der Waals surface area contributed by atoms with Crippen LogP contribution < -0.4 is 5.73 Å². The highest BCUT2D eigenvalue weighted by Crippen LogP contribution is 2.65. The average molecular weight is 181 g/mol. The smallest absolute Gasteiger partial charge is 0.0155 e. The van der Waals surface area contributed by atoms with E-state index in [0.717, 1.165) is 5.92 Å². The Hall–Kier alpha value is -0.0400. The Labute approximate surface area is 82.1 Å². The molecular formula is C12H23N. The molecule has 2 aliphatic rings. The highest BCUT2D eigenvalue weighted by Gasteiger charge is 2.60. The number of hydrogen-bond acceptors (Lipinski definition) is 1. The van der Waals surface area contributed by atoms with Gasteiger partial charge in [0.05, 0.1) is 0 Å². The quantitative estimate of drug-likeness (QED) is 0.696. The molecule has 1 spiro atoms. The summed E-state index contributed by atoms with van der Waals surface area (Å²) in [6.07, 6.45) is 6.86. The normalized spacial score (nSPS) is 41.8. The summed E-state index contributed by atoms with van der Waals surface area (Å²) in [4.78, 5) is 0. The second-order valence-corrected chi connectivity index (χ2v) is 5.58. The van der Waals surface area contributed by atoms with Gasteiger partial charge in [-0.2, -0.15) is 0 Å². The van der Waals surface area contributed by atoms with E-state index in [0.29, 0.717) is 16.9 Å².